The minimum absolute atomic E-state index is 0.164. The van der Waals surface area contributed by atoms with Crippen molar-refractivity contribution >= 4 is 22.5 Å². The molecule has 4 heteroatoms. The van der Waals surface area contributed by atoms with E-state index in [4.69, 9.17) is 0 Å². The van der Waals surface area contributed by atoms with E-state index in [9.17, 15) is 5.11 Å². The van der Waals surface area contributed by atoms with Gasteiger partial charge in [-0.1, -0.05) is 53.7 Å². The number of aryl methyl sites for hydroxylation is 1. The second-order valence-corrected chi connectivity index (χ2v) is 7.25. The lowest BCUT2D eigenvalue weighted by atomic mass is 9.80. The molecule has 0 aliphatic heterocycles. The van der Waals surface area contributed by atoms with Gasteiger partial charge in [-0.05, 0) is 54.7 Å². The van der Waals surface area contributed by atoms with Gasteiger partial charge >= 0.3 is 0 Å². The molecular weight excluding hydrogens is 316 g/mol. The van der Waals surface area contributed by atoms with Crippen molar-refractivity contribution in [1.82, 2.24) is 9.97 Å². The molecule has 3 aromatic rings. The predicted molar refractivity (Wildman–Crippen MR) is 98.9 cm³/mol. The van der Waals surface area contributed by atoms with Crippen molar-refractivity contribution in [2.24, 2.45) is 0 Å². The van der Waals surface area contributed by atoms with Crippen LogP contribution < -0.4 is 0 Å². The number of thioether (sulfide) groups is 1. The molecule has 0 amide bonds. The molecule has 1 aliphatic carbocycles. The molecule has 2 aromatic carbocycles. The zero-order valence-corrected chi connectivity index (χ0v) is 14.7. The Morgan fingerprint density at radius 3 is 2.83 bits per heavy atom. The van der Waals surface area contributed by atoms with Gasteiger partial charge in [0.05, 0.1) is 5.69 Å². The summed E-state index contributed by atoms with van der Waals surface area (Å²) in [7, 11) is 0. The van der Waals surface area contributed by atoms with Crippen LogP contribution in [0.5, 0.6) is 5.88 Å². The molecule has 3 nitrogen and oxygen atoms in total. The molecule has 0 fully saturated rings. The largest absolute Gasteiger partial charge is 0.493 e. The quantitative estimate of drug-likeness (QED) is 0.547. The van der Waals surface area contributed by atoms with E-state index < -0.39 is 0 Å². The van der Waals surface area contributed by atoms with Gasteiger partial charge in [0, 0.05) is 5.56 Å². The summed E-state index contributed by atoms with van der Waals surface area (Å²) in [6.45, 7) is 2.16. The lowest BCUT2D eigenvalue weighted by molar-refractivity contribution is 0.424. The number of benzene rings is 2. The minimum Gasteiger partial charge on any atom is -0.493 e. The van der Waals surface area contributed by atoms with E-state index in [-0.39, 0.29) is 5.88 Å². The number of fused-ring (bicyclic) bond motifs is 2. The Hall–Kier alpha value is -2.07. The monoisotopic (exact) mass is 336 g/mol. The molecule has 4 rings (SSSR count). The summed E-state index contributed by atoms with van der Waals surface area (Å²) >= 11 is 1.48. The standard InChI is InChI=1S/C20H20N2OS/c1-12-9-13-5-3-4-6-15(13)17(10-12)14-7-8-16-18(11-14)21-20(24-2)22-19(16)23/h3-6,9-10,14H,7-8,11H2,1-2H3,(H,21,22,23). The van der Waals surface area contributed by atoms with Crippen LogP contribution in [0.1, 0.15) is 34.7 Å². The van der Waals surface area contributed by atoms with Crippen LogP contribution in [0.3, 0.4) is 0 Å². The summed E-state index contributed by atoms with van der Waals surface area (Å²) in [5, 5.41) is 13.5. The van der Waals surface area contributed by atoms with Crippen LogP contribution in [0.4, 0.5) is 0 Å². The smallest absolute Gasteiger partial charge is 0.218 e. The van der Waals surface area contributed by atoms with Crippen molar-refractivity contribution in [3.8, 4) is 5.88 Å². The Labute approximate surface area is 146 Å². The van der Waals surface area contributed by atoms with Gasteiger partial charge in [0.2, 0.25) is 5.88 Å². The maximum absolute atomic E-state index is 10.2. The lowest BCUT2D eigenvalue weighted by Crippen LogP contribution is -2.16. The summed E-state index contributed by atoms with van der Waals surface area (Å²) in [6, 6.07) is 13.2. The van der Waals surface area contributed by atoms with Gasteiger partial charge in [-0.25, -0.2) is 4.98 Å². The number of hydrogen-bond donors (Lipinski definition) is 1. The lowest BCUT2D eigenvalue weighted by Gasteiger charge is -2.26. The third kappa shape index (κ3) is 2.65. The Balaban J connectivity index is 1.79. The fraction of sp³-hybridized carbons (Fsp3) is 0.300. The molecule has 0 spiro atoms. The van der Waals surface area contributed by atoms with E-state index in [1.165, 1.54) is 33.7 Å². The van der Waals surface area contributed by atoms with E-state index >= 15 is 0 Å². The molecule has 1 heterocycles. The van der Waals surface area contributed by atoms with Crippen LogP contribution in [0.15, 0.2) is 41.6 Å². The molecule has 0 radical (unpaired) electrons. The number of nitrogens with zero attached hydrogens (tertiary/aromatic N) is 2. The number of hydrogen-bond acceptors (Lipinski definition) is 4. The second-order valence-electron chi connectivity index (χ2n) is 6.47. The SMILES string of the molecule is CSc1nc(O)c2c(n1)CC(c1cc(C)cc3ccccc13)CC2. The molecule has 0 bridgehead atoms. The third-order valence-corrected chi connectivity index (χ3v) is 5.44. The van der Waals surface area contributed by atoms with E-state index in [0.717, 1.165) is 30.5 Å². The van der Waals surface area contributed by atoms with Crippen LogP contribution in [0.2, 0.25) is 0 Å². The first-order chi connectivity index (χ1) is 11.7. The average molecular weight is 336 g/mol. The highest BCUT2D eigenvalue weighted by Crippen LogP contribution is 2.38. The van der Waals surface area contributed by atoms with E-state index in [1.807, 2.05) is 6.26 Å². The van der Waals surface area contributed by atoms with Crippen molar-refractivity contribution in [2.75, 3.05) is 6.26 Å². The van der Waals surface area contributed by atoms with Crippen molar-refractivity contribution in [3.63, 3.8) is 0 Å². The summed E-state index contributed by atoms with van der Waals surface area (Å²) in [6.07, 6.45) is 4.67. The Bertz CT molecular complexity index is 923. The van der Waals surface area contributed by atoms with Crippen LogP contribution in [0, 0.1) is 6.92 Å². The Morgan fingerprint density at radius 1 is 1.17 bits per heavy atom. The third-order valence-electron chi connectivity index (χ3n) is 4.89. The highest BCUT2D eigenvalue weighted by atomic mass is 32.2. The van der Waals surface area contributed by atoms with Gasteiger partial charge in [0.25, 0.3) is 0 Å². The van der Waals surface area contributed by atoms with Crippen LogP contribution >= 0.6 is 11.8 Å². The zero-order chi connectivity index (χ0) is 16.7. The van der Waals surface area contributed by atoms with Gasteiger partial charge in [0.1, 0.15) is 0 Å². The number of aromatic nitrogens is 2. The van der Waals surface area contributed by atoms with Gasteiger partial charge in [-0.3, -0.25) is 0 Å². The van der Waals surface area contributed by atoms with Gasteiger partial charge in [-0.15, -0.1) is 0 Å². The maximum atomic E-state index is 10.2. The first kappa shape index (κ1) is 15.5. The van der Waals surface area contributed by atoms with Gasteiger partial charge in [-0.2, -0.15) is 4.98 Å². The normalized spacial score (nSPS) is 17.0. The topological polar surface area (TPSA) is 46.0 Å². The summed E-state index contributed by atoms with van der Waals surface area (Å²) in [5.74, 6) is 0.600. The molecular formula is C20H20N2OS. The molecule has 1 atom stereocenters. The minimum atomic E-state index is 0.164. The molecule has 24 heavy (non-hydrogen) atoms. The Morgan fingerprint density at radius 2 is 2.00 bits per heavy atom. The van der Waals surface area contributed by atoms with Crippen molar-refractivity contribution in [1.29, 1.82) is 0 Å². The summed E-state index contributed by atoms with van der Waals surface area (Å²) < 4.78 is 0. The molecule has 0 saturated carbocycles. The molecule has 122 valence electrons. The Kier molecular flexibility index (Phi) is 3.93. The van der Waals surface area contributed by atoms with Gasteiger partial charge < -0.3 is 5.11 Å². The number of aromatic hydroxyl groups is 1. The van der Waals surface area contributed by atoms with E-state index in [1.54, 1.807) is 0 Å². The molecule has 0 saturated heterocycles. The van der Waals surface area contributed by atoms with Crippen molar-refractivity contribution < 1.29 is 5.11 Å². The fourth-order valence-corrected chi connectivity index (χ4v) is 4.14. The van der Waals surface area contributed by atoms with E-state index in [2.05, 4.69) is 53.3 Å². The second kappa shape index (κ2) is 6.10. The summed E-state index contributed by atoms with van der Waals surface area (Å²) in [4.78, 5) is 8.84. The van der Waals surface area contributed by atoms with E-state index in [0.29, 0.717) is 11.1 Å². The first-order valence-electron chi connectivity index (χ1n) is 8.27. The molecule has 1 unspecified atom stereocenters. The highest BCUT2D eigenvalue weighted by Gasteiger charge is 2.26. The summed E-state index contributed by atoms with van der Waals surface area (Å²) in [5.41, 5.74) is 4.64. The van der Waals surface area contributed by atoms with Gasteiger partial charge in [0.15, 0.2) is 5.16 Å². The average Bonchev–Trinajstić information content (AvgIpc) is 2.60. The van der Waals surface area contributed by atoms with Crippen LogP contribution in [-0.2, 0) is 12.8 Å². The molecule has 1 N–H and O–H groups in total. The van der Waals surface area contributed by atoms with Crippen molar-refractivity contribution in [3.05, 3.63) is 58.8 Å². The van der Waals surface area contributed by atoms with Crippen molar-refractivity contribution in [2.45, 2.75) is 37.3 Å². The molecule has 1 aliphatic rings. The maximum Gasteiger partial charge on any atom is 0.218 e. The molecule has 1 aromatic heterocycles. The first-order valence-corrected chi connectivity index (χ1v) is 9.50. The zero-order valence-electron chi connectivity index (χ0n) is 13.9. The van der Waals surface area contributed by atoms with Crippen LogP contribution in [-0.4, -0.2) is 21.3 Å². The van der Waals surface area contributed by atoms with Crippen LogP contribution in [0.25, 0.3) is 10.8 Å². The number of rotatable bonds is 2. The fourth-order valence-electron chi connectivity index (χ4n) is 3.76. The predicted octanol–water partition coefficient (Wildman–Crippen LogP) is 4.64. The highest BCUT2D eigenvalue weighted by molar-refractivity contribution is 7.98.